The van der Waals surface area contributed by atoms with Crippen LogP contribution in [0.4, 0.5) is 5.69 Å². The minimum atomic E-state index is -0.414. The number of aromatic nitrogens is 2. The highest BCUT2D eigenvalue weighted by Gasteiger charge is 2.21. The molecular weight excluding hydrogens is 244 g/mol. The molecule has 19 heavy (non-hydrogen) atoms. The molecule has 0 radical (unpaired) electrons. The molecule has 0 bridgehead atoms. The van der Waals surface area contributed by atoms with Crippen LogP contribution in [0.25, 0.3) is 0 Å². The van der Waals surface area contributed by atoms with Crippen LogP contribution in [0.5, 0.6) is 0 Å². The summed E-state index contributed by atoms with van der Waals surface area (Å²) < 4.78 is 7.30. The van der Waals surface area contributed by atoms with E-state index in [1.807, 2.05) is 6.92 Å². The van der Waals surface area contributed by atoms with Crippen LogP contribution >= 0.6 is 0 Å². The monoisotopic (exact) mass is 268 g/mol. The molecular formula is C13H24N4O2. The van der Waals surface area contributed by atoms with E-state index in [9.17, 15) is 5.11 Å². The third-order valence-electron chi connectivity index (χ3n) is 3.46. The van der Waals surface area contributed by atoms with Gasteiger partial charge in [0.15, 0.2) is 0 Å². The van der Waals surface area contributed by atoms with Crippen molar-refractivity contribution < 1.29 is 9.84 Å². The average Bonchev–Trinajstić information content (AvgIpc) is 2.77. The zero-order chi connectivity index (χ0) is 13.7. The maximum atomic E-state index is 10.1. The van der Waals surface area contributed by atoms with E-state index in [2.05, 4.69) is 10.00 Å². The van der Waals surface area contributed by atoms with Gasteiger partial charge >= 0.3 is 0 Å². The van der Waals surface area contributed by atoms with E-state index in [4.69, 9.17) is 10.5 Å². The Kier molecular flexibility index (Phi) is 5.18. The molecule has 1 aromatic heterocycles. The predicted octanol–water partition coefficient (Wildman–Crippen LogP) is 0.327. The molecule has 1 aliphatic rings. The second kappa shape index (κ2) is 6.88. The van der Waals surface area contributed by atoms with Gasteiger partial charge < -0.3 is 20.5 Å². The van der Waals surface area contributed by atoms with Gasteiger partial charge in [-0.1, -0.05) is 0 Å². The Balaban J connectivity index is 1.70. The van der Waals surface area contributed by atoms with Gasteiger partial charge in [0.2, 0.25) is 0 Å². The Morgan fingerprint density at radius 1 is 1.47 bits per heavy atom. The number of hydrogen-bond acceptors (Lipinski definition) is 5. The number of aliphatic hydroxyl groups is 1. The van der Waals surface area contributed by atoms with Crippen molar-refractivity contribution >= 4 is 5.69 Å². The van der Waals surface area contributed by atoms with Crippen molar-refractivity contribution in [3.63, 3.8) is 0 Å². The predicted molar refractivity (Wildman–Crippen MR) is 73.7 cm³/mol. The van der Waals surface area contributed by atoms with E-state index < -0.39 is 6.10 Å². The molecule has 0 spiro atoms. The fourth-order valence-electron chi connectivity index (χ4n) is 2.55. The van der Waals surface area contributed by atoms with Crippen molar-refractivity contribution in [2.45, 2.75) is 38.5 Å². The van der Waals surface area contributed by atoms with Gasteiger partial charge in [0.1, 0.15) is 0 Å². The summed E-state index contributed by atoms with van der Waals surface area (Å²) in [5.74, 6) is 0. The zero-order valence-corrected chi connectivity index (χ0v) is 11.5. The van der Waals surface area contributed by atoms with Crippen molar-refractivity contribution in [1.29, 1.82) is 0 Å². The summed E-state index contributed by atoms with van der Waals surface area (Å²) in [5, 5.41) is 14.1. The van der Waals surface area contributed by atoms with Gasteiger partial charge in [0.25, 0.3) is 0 Å². The SMILES string of the molecule is CCOC1CCN(CC(O)Cn2cc(N)cn2)CC1. The molecule has 0 aromatic carbocycles. The van der Waals surface area contributed by atoms with Gasteiger partial charge in [-0.05, 0) is 19.8 Å². The van der Waals surface area contributed by atoms with E-state index in [1.165, 1.54) is 0 Å². The maximum absolute atomic E-state index is 10.1. The second-order valence-corrected chi connectivity index (χ2v) is 5.10. The lowest BCUT2D eigenvalue weighted by molar-refractivity contribution is 0.00147. The fraction of sp³-hybridized carbons (Fsp3) is 0.769. The third-order valence-corrected chi connectivity index (χ3v) is 3.46. The number of aliphatic hydroxyl groups excluding tert-OH is 1. The van der Waals surface area contributed by atoms with Gasteiger partial charge in [-0.2, -0.15) is 5.10 Å². The molecule has 0 amide bonds. The van der Waals surface area contributed by atoms with Crippen LogP contribution < -0.4 is 5.73 Å². The number of β-amino-alcohol motifs (C(OH)–C–C–N with tert-alkyl or cyclic N) is 1. The normalized spacial score (nSPS) is 19.7. The van der Waals surface area contributed by atoms with E-state index >= 15 is 0 Å². The molecule has 1 aliphatic heterocycles. The van der Waals surface area contributed by atoms with Gasteiger partial charge in [-0.15, -0.1) is 0 Å². The molecule has 1 saturated heterocycles. The first-order chi connectivity index (χ1) is 9.17. The van der Waals surface area contributed by atoms with Crippen LogP contribution in [0.1, 0.15) is 19.8 Å². The Hall–Kier alpha value is -1.11. The second-order valence-electron chi connectivity index (χ2n) is 5.10. The first kappa shape index (κ1) is 14.3. The van der Waals surface area contributed by atoms with Crippen LogP contribution in [0, 0.1) is 0 Å². The molecule has 0 saturated carbocycles. The highest BCUT2D eigenvalue weighted by Crippen LogP contribution is 2.14. The summed E-state index contributed by atoms with van der Waals surface area (Å²) in [6, 6.07) is 0. The maximum Gasteiger partial charge on any atom is 0.0862 e. The number of nitrogens with zero attached hydrogens (tertiary/aromatic N) is 3. The van der Waals surface area contributed by atoms with E-state index in [-0.39, 0.29) is 0 Å². The third kappa shape index (κ3) is 4.49. The summed E-state index contributed by atoms with van der Waals surface area (Å²) in [6.45, 7) is 5.97. The highest BCUT2D eigenvalue weighted by molar-refractivity contribution is 5.30. The first-order valence-corrected chi connectivity index (χ1v) is 6.97. The minimum Gasteiger partial charge on any atom is -0.396 e. The van der Waals surface area contributed by atoms with Crippen LogP contribution in [-0.4, -0.2) is 58.2 Å². The van der Waals surface area contributed by atoms with Crippen molar-refractivity contribution in [3.05, 3.63) is 12.4 Å². The molecule has 108 valence electrons. The molecule has 1 fully saturated rings. The van der Waals surface area contributed by atoms with E-state index in [1.54, 1.807) is 17.1 Å². The highest BCUT2D eigenvalue weighted by atomic mass is 16.5. The first-order valence-electron chi connectivity index (χ1n) is 6.97. The largest absolute Gasteiger partial charge is 0.396 e. The van der Waals surface area contributed by atoms with Gasteiger partial charge in [-0.3, -0.25) is 4.68 Å². The summed E-state index contributed by atoms with van der Waals surface area (Å²) in [5.41, 5.74) is 6.22. The van der Waals surface area contributed by atoms with Gasteiger partial charge in [-0.25, -0.2) is 0 Å². The Morgan fingerprint density at radius 3 is 2.79 bits per heavy atom. The molecule has 6 nitrogen and oxygen atoms in total. The molecule has 2 heterocycles. The van der Waals surface area contributed by atoms with Crippen molar-refractivity contribution in [2.24, 2.45) is 0 Å². The molecule has 6 heteroatoms. The topological polar surface area (TPSA) is 76.5 Å². The number of anilines is 1. The number of nitrogen functional groups attached to an aromatic ring is 1. The average molecular weight is 268 g/mol. The van der Waals surface area contributed by atoms with Crippen molar-refractivity contribution in [1.82, 2.24) is 14.7 Å². The summed E-state index contributed by atoms with van der Waals surface area (Å²) >= 11 is 0. The minimum absolute atomic E-state index is 0.393. The number of ether oxygens (including phenoxy) is 1. The molecule has 1 atom stereocenters. The quantitative estimate of drug-likeness (QED) is 0.777. The number of likely N-dealkylation sites (tertiary alicyclic amines) is 1. The lowest BCUT2D eigenvalue weighted by atomic mass is 10.1. The van der Waals surface area contributed by atoms with E-state index in [0.29, 0.717) is 24.9 Å². The Labute approximate surface area is 114 Å². The molecule has 3 N–H and O–H groups in total. The number of rotatable bonds is 6. The lowest BCUT2D eigenvalue weighted by Gasteiger charge is -2.32. The molecule has 2 rings (SSSR count). The number of nitrogens with two attached hydrogens (primary N) is 1. The number of piperidine rings is 1. The van der Waals surface area contributed by atoms with Crippen LogP contribution in [0.3, 0.4) is 0 Å². The van der Waals surface area contributed by atoms with Crippen molar-refractivity contribution in [3.8, 4) is 0 Å². The summed E-state index contributed by atoms with van der Waals surface area (Å²) in [4.78, 5) is 2.28. The van der Waals surface area contributed by atoms with Gasteiger partial charge in [0.05, 0.1) is 30.6 Å². The fourth-order valence-corrected chi connectivity index (χ4v) is 2.55. The Morgan fingerprint density at radius 2 is 2.21 bits per heavy atom. The smallest absolute Gasteiger partial charge is 0.0862 e. The zero-order valence-electron chi connectivity index (χ0n) is 11.5. The Bertz CT molecular complexity index is 374. The number of hydrogen-bond donors (Lipinski definition) is 2. The summed E-state index contributed by atoms with van der Waals surface area (Å²) in [7, 11) is 0. The van der Waals surface area contributed by atoms with Crippen LogP contribution in [-0.2, 0) is 11.3 Å². The van der Waals surface area contributed by atoms with Crippen LogP contribution in [0.2, 0.25) is 0 Å². The van der Waals surface area contributed by atoms with Gasteiger partial charge in [0, 0.05) is 32.4 Å². The van der Waals surface area contributed by atoms with E-state index in [0.717, 1.165) is 32.5 Å². The van der Waals surface area contributed by atoms with Crippen molar-refractivity contribution in [2.75, 3.05) is 32.0 Å². The molecule has 1 unspecified atom stereocenters. The molecule has 1 aromatic rings. The molecule has 0 aliphatic carbocycles. The summed E-state index contributed by atoms with van der Waals surface area (Å²) in [6.07, 6.45) is 5.42. The van der Waals surface area contributed by atoms with Crippen LogP contribution in [0.15, 0.2) is 12.4 Å². The lowest BCUT2D eigenvalue weighted by Crippen LogP contribution is -2.42. The standard InChI is InChI=1S/C13H24N4O2/c1-2-19-13-3-5-16(6-4-13)9-12(18)10-17-8-11(14)7-15-17/h7-8,12-13,18H,2-6,9-10,14H2,1H3.